The highest BCUT2D eigenvalue weighted by Crippen LogP contribution is 2.22. The maximum atomic E-state index is 5.95. The summed E-state index contributed by atoms with van der Waals surface area (Å²) < 4.78 is 6.81. The van der Waals surface area contributed by atoms with Gasteiger partial charge >= 0.3 is 0 Å². The average Bonchev–Trinajstić information content (AvgIpc) is 2.51. The van der Waals surface area contributed by atoms with Crippen molar-refractivity contribution in [1.82, 2.24) is 20.2 Å². The van der Waals surface area contributed by atoms with Crippen molar-refractivity contribution < 1.29 is 4.74 Å². The largest absolute Gasteiger partial charge is 0.382 e. The summed E-state index contributed by atoms with van der Waals surface area (Å²) in [6.45, 7) is 6.37. The molecule has 1 rings (SSSR count). The molecule has 14 heavy (non-hydrogen) atoms. The number of rotatable bonds is 4. The fourth-order valence-corrected chi connectivity index (χ4v) is 1.42. The molecule has 0 amide bonds. The lowest BCUT2D eigenvalue weighted by Gasteiger charge is -2.25. The van der Waals surface area contributed by atoms with Crippen LogP contribution in [-0.2, 0) is 10.3 Å². The maximum absolute atomic E-state index is 5.95. The van der Waals surface area contributed by atoms with Crippen molar-refractivity contribution in [2.45, 2.75) is 31.7 Å². The fourth-order valence-electron chi connectivity index (χ4n) is 1.29. The molecule has 0 fully saturated rings. The molecule has 0 bridgehead atoms. The number of hydrogen-bond donors (Lipinski definition) is 0. The van der Waals surface area contributed by atoms with Crippen LogP contribution in [0.1, 0.15) is 32.0 Å². The van der Waals surface area contributed by atoms with Crippen LogP contribution in [0, 0.1) is 0 Å². The Balaban J connectivity index is 2.99. The van der Waals surface area contributed by atoms with E-state index in [9.17, 15) is 0 Å². The Morgan fingerprint density at radius 2 is 2.21 bits per heavy atom. The Morgan fingerprint density at radius 3 is 2.71 bits per heavy atom. The zero-order chi connectivity index (χ0) is 10.8. The van der Waals surface area contributed by atoms with E-state index in [4.69, 9.17) is 16.3 Å². The molecule has 0 aromatic carbocycles. The average molecular weight is 219 g/mol. The predicted molar refractivity (Wildman–Crippen MR) is 53.3 cm³/mol. The fraction of sp³-hybridized carbons (Fsp3) is 0.875. The van der Waals surface area contributed by atoms with Gasteiger partial charge in [-0.05, 0) is 31.2 Å². The molecule has 0 aliphatic heterocycles. The Kier molecular flexibility index (Phi) is 3.44. The Bertz CT molecular complexity index is 297. The Labute approximate surface area is 88.4 Å². The summed E-state index contributed by atoms with van der Waals surface area (Å²) in [4.78, 5) is 0. The lowest BCUT2D eigenvalue weighted by molar-refractivity contribution is 0.0978. The molecule has 1 atom stereocenters. The second kappa shape index (κ2) is 4.23. The molecule has 1 heterocycles. The molecule has 0 N–H and O–H groups in total. The minimum absolute atomic E-state index is 0.207. The minimum atomic E-state index is -0.281. The van der Waals surface area contributed by atoms with E-state index in [-0.39, 0.29) is 10.9 Å². The highest BCUT2D eigenvalue weighted by molar-refractivity contribution is 6.20. The normalized spacial score (nSPS) is 14.4. The van der Waals surface area contributed by atoms with Crippen LogP contribution < -0.4 is 0 Å². The van der Waals surface area contributed by atoms with E-state index < -0.39 is 0 Å². The quantitative estimate of drug-likeness (QED) is 0.716. The molecule has 0 spiro atoms. The van der Waals surface area contributed by atoms with E-state index in [0.717, 1.165) is 0 Å². The van der Waals surface area contributed by atoms with E-state index in [1.54, 1.807) is 11.8 Å². The van der Waals surface area contributed by atoms with Gasteiger partial charge < -0.3 is 4.74 Å². The molecule has 1 unspecified atom stereocenters. The summed E-state index contributed by atoms with van der Waals surface area (Å²) >= 11 is 5.95. The number of halogens is 1. The summed E-state index contributed by atoms with van der Waals surface area (Å²) in [5.74, 6) is 0.661. The highest BCUT2D eigenvalue weighted by atomic mass is 35.5. The second-order valence-corrected chi connectivity index (χ2v) is 4.46. The standard InChI is InChI=1S/C8H15ClN4O/c1-6(9)7-10-11-12-13(7)8(2,3)5-14-4/h6H,5H2,1-4H3. The first-order valence-electron chi connectivity index (χ1n) is 4.41. The van der Waals surface area contributed by atoms with Crippen molar-refractivity contribution in [1.29, 1.82) is 0 Å². The lowest BCUT2D eigenvalue weighted by Crippen LogP contribution is -2.34. The van der Waals surface area contributed by atoms with Gasteiger partial charge in [0, 0.05) is 7.11 Å². The van der Waals surface area contributed by atoms with Crippen LogP contribution >= 0.6 is 11.6 Å². The van der Waals surface area contributed by atoms with Crippen molar-refractivity contribution >= 4 is 11.6 Å². The number of aromatic nitrogens is 4. The van der Waals surface area contributed by atoms with Crippen LogP contribution in [0.25, 0.3) is 0 Å². The number of hydrogen-bond acceptors (Lipinski definition) is 4. The third-order valence-electron chi connectivity index (χ3n) is 1.92. The van der Waals surface area contributed by atoms with Crippen molar-refractivity contribution in [3.05, 3.63) is 5.82 Å². The first kappa shape index (κ1) is 11.4. The Hall–Kier alpha value is -0.680. The highest BCUT2D eigenvalue weighted by Gasteiger charge is 2.26. The minimum Gasteiger partial charge on any atom is -0.382 e. The van der Waals surface area contributed by atoms with Crippen molar-refractivity contribution in [3.8, 4) is 0 Å². The monoisotopic (exact) mass is 218 g/mol. The molecular formula is C8H15ClN4O. The van der Waals surface area contributed by atoms with Gasteiger partial charge in [-0.2, -0.15) is 0 Å². The lowest BCUT2D eigenvalue weighted by atomic mass is 10.1. The van der Waals surface area contributed by atoms with Crippen LogP contribution in [0.15, 0.2) is 0 Å². The van der Waals surface area contributed by atoms with Gasteiger partial charge in [0.15, 0.2) is 5.82 Å². The molecule has 1 aromatic heterocycles. The number of ether oxygens (including phenoxy) is 1. The Morgan fingerprint density at radius 1 is 1.57 bits per heavy atom. The van der Waals surface area contributed by atoms with Crippen LogP contribution in [0.3, 0.4) is 0 Å². The molecule has 80 valence electrons. The van der Waals surface area contributed by atoms with Gasteiger partial charge in [0.25, 0.3) is 0 Å². The van der Waals surface area contributed by atoms with E-state index in [0.29, 0.717) is 12.4 Å². The maximum Gasteiger partial charge on any atom is 0.169 e. The van der Waals surface area contributed by atoms with Gasteiger partial charge in [0.2, 0.25) is 0 Å². The summed E-state index contributed by atoms with van der Waals surface area (Å²) in [5.41, 5.74) is -0.281. The van der Waals surface area contributed by atoms with Gasteiger partial charge in [-0.3, -0.25) is 0 Å². The first-order chi connectivity index (χ1) is 6.49. The first-order valence-corrected chi connectivity index (χ1v) is 4.84. The topological polar surface area (TPSA) is 52.8 Å². The molecule has 1 aromatic rings. The van der Waals surface area contributed by atoms with Crippen molar-refractivity contribution in [2.75, 3.05) is 13.7 Å². The van der Waals surface area contributed by atoms with E-state index in [2.05, 4.69) is 15.5 Å². The molecule has 0 aliphatic carbocycles. The van der Waals surface area contributed by atoms with Crippen LogP contribution in [0.2, 0.25) is 0 Å². The van der Waals surface area contributed by atoms with Gasteiger partial charge in [-0.25, -0.2) is 4.68 Å². The van der Waals surface area contributed by atoms with Gasteiger partial charge in [-0.15, -0.1) is 16.7 Å². The summed E-state index contributed by atoms with van der Waals surface area (Å²) in [6, 6.07) is 0. The zero-order valence-electron chi connectivity index (χ0n) is 8.86. The molecule has 6 heteroatoms. The zero-order valence-corrected chi connectivity index (χ0v) is 9.62. The third kappa shape index (κ3) is 2.22. The van der Waals surface area contributed by atoms with Gasteiger partial charge in [0.05, 0.1) is 17.5 Å². The SMILES string of the molecule is COCC(C)(C)n1nnnc1C(C)Cl. The number of tetrazole rings is 1. The number of methoxy groups -OCH3 is 1. The van der Waals surface area contributed by atoms with Gasteiger partial charge in [0.1, 0.15) is 0 Å². The van der Waals surface area contributed by atoms with Crippen LogP contribution in [0.4, 0.5) is 0 Å². The van der Waals surface area contributed by atoms with E-state index in [1.807, 2.05) is 20.8 Å². The molecule has 0 saturated heterocycles. The second-order valence-electron chi connectivity index (χ2n) is 3.81. The van der Waals surface area contributed by atoms with Crippen molar-refractivity contribution in [3.63, 3.8) is 0 Å². The summed E-state index contributed by atoms with van der Waals surface area (Å²) in [5, 5.41) is 11.2. The smallest absolute Gasteiger partial charge is 0.169 e. The molecule has 5 nitrogen and oxygen atoms in total. The van der Waals surface area contributed by atoms with E-state index >= 15 is 0 Å². The number of alkyl halides is 1. The molecule has 0 radical (unpaired) electrons. The predicted octanol–water partition coefficient (Wildman–Crippen LogP) is 1.35. The molecule has 0 aliphatic rings. The molecular weight excluding hydrogens is 204 g/mol. The van der Waals surface area contributed by atoms with E-state index in [1.165, 1.54) is 0 Å². The van der Waals surface area contributed by atoms with Gasteiger partial charge in [-0.1, -0.05) is 0 Å². The summed E-state index contributed by atoms with van der Waals surface area (Å²) in [6.07, 6.45) is 0. The van der Waals surface area contributed by atoms with Crippen LogP contribution in [0.5, 0.6) is 0 Å². The third-order valence-corrected chi connectivity index (χ3v) is 2.12. The van der Waals surface area contributed by atoms with Crippen LogP contribution in [-0.4, -0.2) is 33.9 Å². The van der Waals surface area contributed by atoms with Crippen molar-refractivity contribution in [2.24, 2.45) is 0 Å². The summed E-state index contributed by atoms with van der Waals surface area (Å²) in [7, 11) is 1.65. The number of nitrogens with zero attached hydrogens (tertiary/aromatic N) is 4. The molecule has 0 saturated carbocycles.